The molecule has 0 unspecified atom stereocenters. The molecule has 1 amide bonds. The molecular weight excluding hydrogens is 581 g/mol. The highest BCUT2D eigenvalue weighted by atomic mass is 127. The molecule has 1 N–H and O–H groups in total. The number of hydrogen-bond donors (Lipinski definition) is 1. The zero-order chi connectivity index (χ0) is 25.5. The van der Waals surface area contributed by atoms with E-state index in [0.717, 1.165) is 26.5 Å². The Bertz CT molecular complexity index is 1220. The Kier molecular flexibility index (Phi) is 9.39. The van der Waals surface area contributed by atoms with Crippen LogP contribution in [-0.2, 0) is 9.53 Å². The van der Waals surface area contributed by atoms with E-state index in [-0.39, 0.29) is 23.0 Å². The maximum atomic E-state index is 12.8. The number of thioether (sulfide) groups is 1. The number of aliphatic hydroxyl groups is 1. The Hall–Kier alpha value is -2.79. The van der Waals surface area contributed by atoms with Gasteiger partial charge in [0.05, 0.1) is 28.3 Å². The summed E-state index contributed by atoms with van der Waals surface area (Å²) in [6.07, 6.45) is 1.71. The molecule has 3 rings (SSSR count). The third-order valence-corrected chi connectivity index (χ3v) is 6.61. The number of carbonyl (C=O) groups is 2. The zero-order valence-corrected chi connectivity index (χ0v) is 22.9. The molecular formula is C26H26INO6S. The van der Waals surface area contributed by atoms with Gasteiger partial charge in [-0.05, 0) is 86.2 Å². The van der Waals surface area contributed by atoms with Crippen LogP contribution in [0.2, 0.25) is 0 Å². The van der Waals surface area contributed by atoms with Crippen LogP contribution in [0.1, 0.15) is 42.3 Å². The minimum Gasteiger partial charge on any atom is -0.506 e. The molecule has 0 atom stereocenters. The fourth-order valence-electron chi connectivity index (χ4n) is 3.21. The molecule has 2 aromatic carbocycles. The van der Waals surface area contributed by atoms with Crippen LogP contribution in [0.5, 0.6) is 11.5 Å². The van der Waals surface area contributed by atoms with Gasteiger partial charge in [0, 0.05) is 5.56 Å². The van der Waals surface area contributed by atoms with Crippen molar-refractivity contribution in [3.8, 4) is 11.5 Å². The second-order valence-corrected chi connectivity index (χ2v) is 9.53. The average molecular weight is 607 g/mol. The van der Waals surface area contributed by atoms with E-state index in [1.165, 1.54) is 0 Å². The number of rotatable bonds is 8. The molecule has 0 spiro atoms. The third-order valence-electron chi connectivity index (χ3n) is 4.79. The summed E-state index contributed by atoms with van der Waals surface area (Å²) in [7, 11) is 0. The van der Waals surface area contributed by atoms with Gasteiger partial charge < -0.3 is 19.3 Å². The monoisotopic (exact) mass is 607 g/mol. The van der Waals surface area contributed by atoms with Crippen LogP contribution in [0, 0.1) is 10.5 Å². The highest BCUT2D eigenvalue weighted by molar-refractivity contribution is 14.1. The molecule has 0 bridgehead atoms. The fraction of sp³-hybridized carbons (Fsp3) is 0.269. The highest BCUT2D eigenvalue weighted by Crippen LogP contribution is 2.41. The van der Waals surface area contributed by atoms with Crippen LogP contribution in [-0.4, -0.2) is 41.8 Å². The number of amides is 1. The van der Waals surface area contributed by atoms with E-state index >= 15 is 0 Å². The standard InChI is InChI=1S/C26H26INO6S/c1-5-32-19-13-16(12-18(27)23(19)33-6-2)14-20-22(29)21(26(31)34-7-3)25(35-20)28-24(30)17-10-8-15(4)9-11-17/h8-14,29H,5-7H2,1-4H3/b20-14-,28-25?. The van der Waals surface area contributed by atoms with E-state index < -0.39 is 11.9 Å². The maximum Gasteiger partial charge on any atom is 0.344 e. The first kappa shape index (κ1) is 26.8. The van der Waals surface area contributed by atoms with Gasteiger partial charge in [0.25, 0.3) is 5.91 Å². The average Bonchev–Trinajstić information content (AvgIpc) is 3.11. The molecule has 2 aromatic rings. The summed E-state index contributed by atoms with van der Waals surface area (Å²) in [5, 5.41) is 11.0. The zero-order valence-electron chi connectivity index (χ0n) is 19.9. The number of aryl methyl sites for hydroxylation is 1. The molecule has 35 heavy (non-hydrogen) atoms. The number of hydrogen-bond acceptors (Lipinski definition) is 7. The van der Waals surface area contributed by atoms with Gasteiger partial charge in [-0.15, -0.1) is 0 Å². The van der Waals surface area contributed by atoms with Crippen molar-refractivity contribution in [1.82, 2.24) is 0 Å². The molecule has 0 radical (unpaired) electrons. The quantitative estimate of drug-likeness (QED) is 0.286. The summed E-state index contributed by atoms with van der Waals surface area (Å²) in [6, 6.07) is 10.6. The molecule has 1 aliphatic heterocycles. The lowest BCUT2D eigenvalue weighted by Gasteiger charge is -2.13. The molecule has 0 fully saturated rings. The van der Waals surface area contributed by atoms with E-state index in [9.17, 15) is 14.7 Å². The summed E-state index contributed by atoms with van der Waals surface area (Å²) in [5.41, 5.74) is 1.99. The Labute approximate surface area is 222 Å². The van der Waals surface area contributed by atoms with Crippen LogP contribution >= 0.6 is 34.4 Å². The van der Waals surface area contributed by atoms with Gasteiger partial charge in [-0.1, -0.05) is 29.5 Å². The predicted molar refractivity (Wildman–Crippen MR) is 146 cm³/mol. The third kappa shape index (κ3) is 6.46. The molecule has 184 valence electrons. The molecule has 0 saturated carbocycles. The maximum absolute atomic E-state index is 12.8. The van der Waals surface area contributed by atoms with Crippen molar-refractivity contribution in [1.29, 1.82) is 0 Å². The first-order valence-corrected chi connectivity index (χ1v) is 13.0. The number of nitrogens with zero attached hydrogens (tertiary/aromatic N) is 1. The van der Waals surface area contributed by atoms with Gasteiger partial charge in [0.15, 0.2) is 11.5 Å². The Morgan fingerprint density at radius 2 is 1.74 bits per heavy atom. The minimum absolute atomic E-state index is 0.0865. The predicted octanol–water partition coefficient (Wildman–Crippen LogP) is 6.10. The van der Waals surface area contributed by atoms with Gasteiger partial charge in [0.1, 0.15) is 16.4 Å². The van der Waals surface area contributed by atoms with Crippen molar-refractivity contribution in [2.24, 2.45) is 4.99 Å². The first-order chi connectivity index (χ1) is 16.8. The summed E-state index contributed by atoms with van der Waals surface area (Å²) < 4.78 is 17.4. The fourth-order valence-corrected chi connectivity index (χ4v) is 5.01. The van der Waals surface area contributed by atoms with E-state index in [4.69, 9.17) is 14.2 Å². The van der Waals surface area contributed by atoms with E-state index in [0.29, 0.717) is 35.2 Å². The van der Waals surface area contributed by atoms with Crippen LogP contribution < -0.4 is 9.47 Å². The van der Waals surface area contributed by atoms with Crippen molar-refractivity contribution in [3.05, 3.63) is 72.9 Å². The Morgan fingerprint density at radius 3 is 2.37 bits per heavy atom. The van der Waals surface area contributed by atoms with Crippen molar-refractivity contribution in [2.45, 2.75) is 27.7 Å². The SMILES string of the molecule is CCOC(=O)C1=C(O)/C(=C/c2cc(I)c(OCC)c(OCC)c2)SC1=NC(=O)c1ccc(C)cc1. The van der Waals surface area contributed by atoms with Crippen LogP contribution in [0.25, 0.3) is 6.08 Å². The van der Waals surface area contributed by atoms with Crippen molar-refractivity contribution in [3.63, 3.8) is 0 Å². The molecule has 0 aromatic heterocycles. The largest absolute Gasteiger partial charge is 0.506 e. The van der Waals surface area contributed by atoms with Gasteiger partial charge in [-0.3, -0.25) is 4.79 Å². The summed E-state index contributed by atoms with van der Waals surface area (Å²) in [4.78, 5) is 29.9. The van der Waals surface area contributed by atoms with Crippen LogP contribution in [0.15, 0.2) is 57.6 Å². The molecule has 0 saturated heterocycles. The molecule has 1 aliphatic rings. The topological polar surface area (TPSA) is 94.4 Å². The number of aliphatic imine (C=N–C) groups is 1. The van der Waals surface area contributed by atoms with Crippen molar-refractivity contribution < 1.29 is 28.9 Å². The van der Waals surface area contributed by atoms with Gasteiger partial charge in [0.2, 0.25) is 0 Å². The van der Waals surface area contributed by atoms with Crippen LogP contribution in [0.4, 0.5) is 0 Å². The summed E-state index contributed by atoms with van der Waals surface area (Å²) in [5.74, 6) is -0.321. The van der Waals surface area contributed by atoms with E-state index in [1.807, 2.05) is 39.0 Å². The van der Waals surface area contributed by atoms with Crippen molar-refractivity contribution >= 4 is 57.3 Å². The number of esters is 1. The molecule has 9 heteroatoms. The number of aliphatic hydroxyl groups excluding tert-OH is 1. The number of halogens is 1. The summed E-state index contributed by atoms with van der Waals surface area (Å²) >= 11 is 3.20. The number of ether oxygens (including phenoxy) is 3. The molecule has 7 nitrogen and oxygen atoms in total. The Morgan fingerprint density at radius 1 is 1.06 bits per heavy atom. The van der Waals surface area contributed by atoms with E-state index in [1.54, 1.807) is 31.2 Å². The lowest BCUT2D eigenvalue weighted by molar-refractivity contribution is -0.138. The van der Waals surface area contributed by atoms with E-state index in [2.05, 4.69) is 27.6 Å². The van der Waals surface area contributed by atoms with Crippen LogP contribution in [0.3, 0.4) is 0 Å². The number of carbonyl (C=O) groups excluding carboxylic acids is 2. The van der Waals surface area contributed by atoms with Crippen molar-refractivity contribution in [2.75, 3.05) is 19.8 Å². The Balaban J connectivity index is 2.04. The number of benzene rings is 2. The normalized spacial score (nSPS) is 15.6. The lowest BCUT2D eigenvalue weighted by atomic mass is 10.1. The smallest absolute Gasteiger partial charge is 0.344 e. The van der Waals surface area contributed by atoms with Gasteiger partial charge >= 0.3 is 5.97 Å². The second kappa shape index (κ2) is 12.3. The lowest BCUT2D eigenvalue weighted by Crippen LogP contribution is -2.14. The second-order valence-electron chi connectivity index (χ2n) is 7.34. The molecule has 1 heterocycles. The minimum atomic E-state index is -0.743. The van der Waals surface area contributed by atoms with Gasteiger partial charge in [-0.2, -0.15) is 0 Å². The highest BCUT2D eigenvalue weighted by Gasteiger charge is 2.34. The first-order valence-electron chi connectivity index (χ1n) is 11.1. The van der Waals surface area contributed by atoms with Gasteiger partial charge in [-0.25, -0.2) is 9.79 Å². The summed E-state index contributed by atoms with van der Waals surface area (Å²) in [6.45, 7) is 8.44. The molecule has 0 aliphatic carbocycles.